The Kier molecular flexibility index (Phi) is 8.69. The molecule has 27 heavy (non-hydrogen) atoms. The molecule has 0 spiro atoms. The van der Waals surface area contributed by atoms with Crippen molar-refractivity contribution in [2.75, 3.05) is 13.2 Å². The summed E-state index contributed by atoms with van der Waals surface area (Å²) in [6.07, 6.45) is 3.06. The van der Waals surface area contributed by atoms with Gasteiger partial charge >= 0.3 is 0 Å². The highest BCUT2D eigenvalue weighted by molar-refractivity contribution is 5.76. The van der Waals surface area contributed by atoms with Gasteiger partial charge in [0.1, 0.15) is 0 Å². The van der Waals surface area contributed by atoms with Crippen molar-refractivity contribution in [2.24, 2.45) is 0 Å². The van der Waals surface area contributed by atoms with E-state index in [0.29, 0.717) is 26.1 Å². The summed E-state index contributed by atoms with van der Waals surface area (Å²) in [6.45, 7) is 7.15. The number of hydrogen-bond acceptors (Lipinski definition) is 3. The van der Waals surface area contributed by atoms with Crippen LogP contribution in [0, 0.1) is 0 Å². The molecule has 0 heterocycles. The molecule has 4 heteroatoms. The Morgan fingerprint density at radius 2 is 1.63 bits per heavy atom. The van der Waals surface area contributed by atoms with Crippen molar-refractivity contribution in [1.82, 2.24) is 5.32 Å². The number of aryl methyl sites for hydroxylation is 2. The Morgan fingerprint density at radius 3 is 2.33 bits per heavy atom. The summed E-state index contributed by atoms with van der Waals surface area (Å²) < 4.78 is 11.2. The van der Waals surface area contributed by atoms with Gasteiger partial charge in [-0.05, 0) is 63.3 Å². The quantitative estimate of drug-likeness (QED) is 0.632. The van der Waals surface area contributed by atoms with E-state index in [1.54, 1.807) is 0 Å². The lowest BCUT2D eigenvalue weighted by molar-refractivity contribution is -0.121. The maximum absolute atomic E-state index is 12.3. The summed E-state index contributed by atoms with van der Waals surface area (Å²) in [5.41, 5.74) is 2.38. The summed E-state index contributed by atoms with van der Waals surface area (Å²) in [4.78, 5) is 12.3. The van der Waals surface area contributed by atoms with Crippen molar-refractivity contribution in [2.45, 2.75) is 52.5 Å². The van der Waals surface area contributed by atoms with Gasteiger partial charge < -0.3 is 14.8 Å². The third-order valence-corrected chi connectivity index (χ3v) is 4.36. The van der Waals surface area contributed by atoms with Crippen LogP contribution in [0.15, 0.2) is 48.5 Å². The Hall–Kier alpha value is -2.49. The first kappa shape index (κ1) is 20.8. The smallest absolute Gasteiger partial charge is 0.220 e. The number of hydrogen-bond donors (Lipinski definition) is 1. The average Bonchev–Trinajstić information content (AvgIpc) is 2.68. The van der Waals surface area contributed by atoms with Gasteiger partial charge in [-0.2, -0.15) is 0 Å². The highest BCUT2D eigenvalue weighted by Gasteiger charge is 2.10. The molecule has 146 valence electrons. The summed E-state index contributed by atoms with van der Waals surface area (Å²) in [5, 5.41) is 3.10. The molecule has 1 atom stereocenters. The minimum absolute atomic E-state index is 0.0856. The molecule has 2 aromatic carbocycles. The fourth-order valence-electron chi connectivity index (χ4n) is 2.96. The lowest BCUT2D eigenvalue weighted by atomic mass is 10.1. The van der Waals surface area contributed by atoms with E-state index in [2.05, 4.69) is 24.4 Å². The van der Waals surface area contributed by atoms with E-state index >= 15 is 0 Å². The lowest BCUT2D eigenvalue weighted by Crippen LogP contribution is -2.33. The van der Waals surface area contributed by atoms with Gasteiger partial charge in [0.05, 0.1) is 13.2 Å². The Bertz CT molecular complexity index is 700. The fraction of sp³-hybridized carbons (Fsp3) is 0.435. The first-order valence-corrected chi connectivity index (χ1v) is 9.84. The number of benzene rings is 2. The molecule has 0 radical (unpaired) electrons. The Balaban J connectivity index is 1.79. The molecule has 0 aliphatic heterocycles. The second-order valence-corrected chi connectivity index (χ2v) is 6.64. The summed E-state index contributed by atoms with van der Waals surface area (Å²) >= 11 is 0. The molecule has 0 aliphatic carbocycles. The first-order valence-electron chi connectivity index (χ1n) is 9.84. The van der Waals surface area contributed by atoms with Crippen LogP contribution in [0.4, 0.5) is 0 Å². The van der Waals surface area contributed by atoms with Crippen molar-refractivity contribution in [1.29, 1.82) is 0 Å². The SMILES string of the molecule is CCOc1ccc(CCC(=O)N[C@H](C)CCc2ccccc2)cc1OCC. The van der Waals surface area contributed by atoms with Crippen LogP contribution in [0.1, 0.15) is 44.7 Å². The average molecular weight is 370 g/mol. The zero-order chi connectivity index (χ0) is 19.5. The van der Waals surface area contributed by atoms with Crippen molar-refractivity contribution in [3.63, 3.8) is 0 Å². The van der Waals surface area contributed by atoms with E-state index in [1.807, 2.05) is 50.2 Å². The minimum atomic E-state index is 0.0856. The van der Waals surface area contributed by atoms with Gasteiger partial charge in [0.2, 0.25) is 5.91 Å². The van der Waals surface area contributed by atoms with E-state index in [4.69, 9.17) is 9.47 Å². The number of carbonyl (C=O) groups is 1. The van der Waals surface area contributed by atoms with E-state index in [1.165, 1.54) is 5.56 Å². The van der Waals surface area contributed by atoms with Crippen molar-refractivity contribution < 1.29 is 14.3 Å². The van der Waals surface area contributed by atoms with E-state index in [0.717, 1.165) is 29.9 Å². The number of carbonyl (C=O) groups excluding carboxylic acids is 1. The van der Waals surface area contributed by atoms with E-state index < -0.39 is 0 Å². The monoisotopic (exact) mass is 369 g/mol. The third kappa shape index (κ3) is 7.33. The fourth-order valence-corrected chi connectivity index (χ4v) is 2.96. The molecule has 0 saturated heterocycles. The first-order chi connectivity index (χ1) is 13.1. The van der Waals surface area contributed by atoms with Gasteiger partial charge in [-0.3, -0.25) is 4.79 Å². The normalized spacial score (nSPS) is 11.7. The van der Waals surface area contributed by atoms with Gasteiger partial charge in [0.15, 0.2) is 11.5 Å². The maximum atomic E-state index is 12.3. The molecular formula is C23H31NO3. The number of rotatable bonds is 11. The van der Waals surface area contributed by atoms with Crippen molar-refractivity contribution in [3.05, 3.63) is 59.7 Å². The van der Waals surface area contributed by atoms with Gasteiger partial charge in [-0.25, -0.2) is 0 Å². The molecule has 0 aliphatic rings. The van der Waals surface area contributed by atoms with Gasteiger partial charge in [-0.15, -0.1) is 0 Å². The molecule has 0 fully saturated rings. The standard InChI is InChI=1S/C23H31NO3/c1-4-26-21-15-13-20(17-22(21)27-5-2)14-16-23(25)24-18(3)11-12-19-9-7-6-8-10-19/h6-10,13,15,17-18H,4-5,11-12,14,16H2,1-3H3,(H,24,25)/t18-/m1/s1. The number of ether oxygens (including phenoxy) is 2. The van der Waals surface area contributed by atoms with E-state index in [-0.39, 0.29) is 11.9 Å². The summed E-state index contributed by atoms with van der Waals surface area (Å²) in [5.74, 6) is 1.58. The van der Waals surface area contributed by atoms with Crippen LogP contribution in [-0.2, 0) is 17.6 Å². The molecule has 0 aromatic heterocycles. The Morgan fingerprint density at radius 1 is 0.926 bits per heavy atom. The van der Waals surface area contributed by atoms with Crippen LogP contribution in [0.25, 0.3) is 0 Å². The molecule has 0 bridgehead atoms. The zero-order valence-electron chi connectivity index (χ0n) is 16.7. The molecular weight excluding hydrogens is 338 g/mol. The van der Waals surface area contributed by atoms with Gasteiger partial charge in [0, 0.05) is 12.5 Å². The second-order valence-electron chi connectivity index (χ2n) is 6.64. The molecule has 0 unspecified atom stereocenters. The molecule has 1 N–H and O–H groups in total. The molecule has 0 saturated carbocycles. The van der Waals surface area contributed by atoms with Crippen molar-refractivity contribution >= 4 is 5.91 Å². The number of amides is 1. The van der Waals surface area contributed by atoms with Gasteiger partial charge in [0.25, 0.3) is 0 Å². The van der Waals surface area contributed by atoms with Crippen molar-refractivity contribution in [3.8, 4) is 11.5 Å². The highest BCUT2D eigenvalue weighted by atomic mass is 16.5. The summed E-state index contributed by atoms with van der Waals surface area (Å²) in [6, 6.07) is 16.4. The third-order valence-electron chi connectivity index (χ3n) is 4.36. The zero-order valence-corrected chi connectivity index (χ0v) is 16.7. The van der Waals surface area contributed by atoms with Crippen LogP contribution >= 0.6 is 0 Å². The lowest BCUT2D eigenvalue weighted by Gasteiger charge is -2.15. The van der Waals surface area contributed by atoms with Crippen LogP contribution in [0.2, 0.25) is 0 Å². The second kappa shape index (κ2) is 11.3. The largest absolute Gasteiger partial charge is 0.490 e. The number of nitrogens with one attached hydrogen (secondary N) is 1. The van der Waals surface area contributed by atoms with Crippen LogP contribution < -0.4 is 14.8 Å². The maximum Gasteiger partial charge on any atom is 0.220 e. The summed E-state index contributed by atoms with van der Waals surface area (Å²) in [7, 11) is 0. The predicted octanol–water partition coefficient (Wildman–Crippen LogP) is 4.55. The predicted molar refractivity (Wildman–Crippen MR) is 109 cm³/mol. The topological polar surface area (TPSA) is 47.6 Å². The van der Waals surface area contributed by atoms with Gasteiger partial charge in [-0.1, -0.05) is 36.4 Å². The highest BCUT2D eigenvalue weighted by Crippen LogP contribution is 2.29. The Labute approximate surface area is 162 Å². The van der Waals surface area contributed by atoms with Crippen LogP contribution in [0.3, 0.4) is 0 Å². The molecule has 2 aromatic rings. The van der Waals surface area contributed by atoms with Crippen LogP contribution in [-0.4, -0.2) is 25.2 Å². The molecule has 2 rings (SSSR count). The van der Waals surface area contributed by atoms with Crippen LogP contribution in [0.5, 0.6) is 11.5 Å². The minimum Gasteiger partial charge on any atom is -0.490 e. The van der Waals surface area contributed by atoms with E-state index in [9.17, 15) is 4.79 Å². The molecule has 1 amide bonds. The molecule has 4 nitrogen and oxygen atoms in total.